The van der Waals surface area contributed by atoms with Crippen molar-refractivity contribution in [1.29, 1.82) is 0 Å². The van der Waals surface area contributed by atoms with E-state index in [4.69, 9.17) is 0 Å². The van der Waals surface area contributed by atoms with Gasteiger partial charge in [0.25, 0.3) is 5.91 Å². The number of nitrogens with one attached hydrogen (secondary N) is 2. The molecule has 0 saturated heterocycles. The van der Waals surface area contributed by atoms with Crippen LogP contribution in [0.3, 0.4) is 0 Å². The molecule has 2 rings (SSSR count). The Morgan fingerprint density at radius 3 is 2.65 bits per heavy atom. The Labute approximate surface area is 145 Å². The molecule has 0 spiro atoms. The normalized spacial score (nSPS) is 11.9. The van der Waals surface area contributed by atoms with Gasteiger partial charge >= 0.3 is 0 Å². The van der Waals surface area contributed by atoms with Crippen molar-refractivity contribution >= 4 is 33.3 Å². The van der Waals surface area contributed by atoms with Crippen LogP contribution in [0.15, 0.2) is 28.7 Å². The van der Waals surface area contributed by atoms with Gasteiger partial charge in [-0.1, -0.05) is 28.9 Å². The minimum absolute atomic E-state index is 0.113. The lowest BCUT2D eigenvalue weighted by Crippen LogP contribution is -2.32. The van der Waals surface area contributed by atoms with Gasteiger partial charge < -0.3 is 10.6 Å². The highest BCUT2D eigenvalue weighted by atomic mass is 79.9. The van der Waals surface area contributed by atoms with Gasteiger partial charge in [-0.05, 0) is 44.9 Å². The molecule has 1 unspecified atom stereocenters. The monoisotopic (exact) mass is 376 g/mol. The van der Waals surface area contributed by atoms with Gasteiger partial charge in [0.15, 0.2) is 0 Å². The maximum absolute atomic E-state index is 12.2. The summed E-state index contributed by atoms with van der Waals surface area (Å²) >= 11 is 3.51. The molecule has 6 heteroatoms. The largest absolute Gasteiger partial charge is 0.348 e. The highest BCUT2D eigenvalue weighted by Crippen LogP contribution is 2.23. The zero-order chi connectivity index (χ0) is 17.0. The first-order chi connectivity index (χ1) is 10.9. The second kappa shape index (κ2) is 7.55. The molecule has 0 radical (unpaired) electrons. The van der Waals surface area contributed by atoms with Crippen LogP contribution in [-0.4, -0.2) is 21.9 Å². The minimum atomic E-state index is -0.182. The molecular weight excluding hydrogens is 356 g/mol. The smallest absolute Gasteiger partial charge is 0.270 e. The fourth-order valence-corrected chi connectivity index (χ4v) is 2.35. The molecule has 0 fully saturated rings. The van der Waals surface area contributed by atoms with E-state index in [-0.39, 0.29) is 11.9 Å². The zero-order valence-corrected chi connectivity index (χ0v) is 15.4. The van der Waals surface area contributed by atoms with Crippen molar-refractivity contribution in [1.82, 2.24) is 15.3 Å². The van der Waals surface area contributed by atoms with Crippen molar-refractivity contribution in [3.8, 4) is 0 Å². The third-order valence-corrected chi connectivity index (χ3v) is 4.36. The van der Waals surface area contributed by atoms with Gasteiger partial charge in [-0.15, -0.1) is 0 Å². The molecule has 1 aromatic carbocycles. The number of aryl methyl sites for hydroxylation is 2. The van der Waals surface area contributed by atoms with Gasteiger partial charge in [0.2, 0.25) is 0 Å². The summed E-state index contributed by atoms with van der Waals surface area (Å²) in [5.74, 6) is 0.969. The van der Waals surface area contributed by atoms with E-state index in [2.05, 4.69) is 36.5 Å². The summed E-state index contributed by atoms with van der Waals surface area (Å²) in [5.41, 5.74) is 2.42. The summed E-state index contributed by atoms with van der Waals surface area (Å²) in [6.07, 6.45) is 0.873. The van der Waals surface area contributed by atoms with E-state index in [1.54, 1.807) is 13.0 Å². The SMILES string of the molecule is CCC(C)NC(=O)c1cc(Nc2ccc(C)c(Br)c2)nc(C)n1. The zero-order valence-electron chi connectivity index (χ0n) is 13.8. The molecule has 2 N–H and O–H groups in total. The summed E-state index contributed by atoms with van der Waals surface area (Å²) in [4.78, 5) is 20.8. The van der Waals surface area contributed by atoms with Crippen LogP contribution in [0.2, 0.25) is 0 Å². The Hall–Kier alpha value is -1.95. The molecule has 1 amide bonds. The van der Waals surface area contributed by atoms with Crippen molar-refractivity contribution in [2.75, 3.05) is 5.32 Å². The second-order valence-electron chi connectivity index (χ2n) is 5.56. The van der Waals surface area contributed by atoms with Crippen molar-refractivity contribution in [3.05, 3.63) is 45.8 Å². The Kier molecular flexibility index (Phi) is 5.71. The number of carbonyl (C=O) groups is 1. The molecule has 5 nitrogen and oxygen atoms in total. The van der Waals surface area contributed by atoms with Gasteiger partial charge in [-0.2, -0.15) is 0 Å². The molecule has 122 valence electrons. The summed E-state index contributed by atoms with van der Waals surface area (Å²) < 4.78 is 1.02. The van der Waals surface area contributed by atoms with E-state index in [1.807, 2.05) is 39.0 Å². The number of rotatable bonds is 5. The standard InChI is InChI=1S/C17H21BrN4O/c1-5-11(3)19-17(23)15-9-16(21-12(4)20-15)22-13-7-6-10(2)14(18)8-13/h6-9,11H,5H2,1-4H3,(H,19,23)(H,20,21,22). The van der Waals surface area contributed by atoms with Crippen molar-refractivity contribution in [2.24, 2.45) is 0 Å². The average molecular weight is 377 g/mol. The molecule has 1 atom stereocenters. The molecular formula is C17H21BrN4O. The molecule has 0 bridgehead atoms. The molecule has 0 aliphatic heterocycles. The third kappa shape index (κ3) is 4.76. The van der Waals surface area contributed by atoms with Crippen LogP contribution < -0.4 is 10.6 Å². The van der Waals surface area contributed by atoms with Gasteiger partial charge in [0.05, 0.1) is 0 Å². The number of hydrogen-bond acceptors (Lipinski definition) is 4. The van der Waals surface area contributed by atoms with Crippen LogP contribution in [0.5, 0.6) is 0 Å². The molecule has 0 aliphatic carbocycles. The lowest BCUT2D eigenvalue weighted by molar-refractivity contribution is 0.0934. The van der Waals surface area contributed by atoms with E-state index >= 15 is 0 Å². The quantitative estimate of drug-likeness (QED) is 0.822. The number of anilines is 2. The van der Waals surface area contributed by atoms with Gasteiger partial charge in [0, 0.05) is 22.3 Å². The van der Waals surface area contributed by atoms with E-state index in [9.17, 15) is 4.79 Å². The molecule has 23 heavy (non-hydrogen) atoms. The average Bonchev–Trinajstić information content (AvgIpc) is 2.50. The highest BCUT2D eigenvalue weighted by molar-refractivity contribution is 9.10. The van der Waals surface area contributed by atoms with Crippen LogP contribution in [0.1, 0.15) is 42.1 Å². The number of hydrogen-bond donors (Lipinski definition) is 2. The summed E-state index contributed by atoms with van der Waals surface area (Å²) in [5, 5.41) is 6.13. The third-order valence-electron chi connectivity index (χ3n) is 3.50. The predicted molar refractivity (Wildman–Crippen MR) is 96.1 cm³/mol. The Balaban J connectivity index is 2.22. The molecule has 0 saturated carbocycles. The molecule has 0 aliphatic rings. The van der Waals surface area contributed by atoms with Crippen LogP contribution in [0.25, 0.3) is 0 Å². The number of nitrogens with zero attached hydrogens (tertiary/aromatic N) is 2. The molecule has 1 heterocycles. The topological polar surface area (TPSA) is 66.9 Å². The van der Waals surface area contributed by atoms with Crippen molar-refractivity contribution in [2.45, 2.75) is 40.2 Å². The van der Waals surface area contributed by atoms with Gasteiger partial charge in [-0.25, -0.2) is 9.97 Å². The van der Waals surface area contributed by atoms with E-state index < -0.39 is 0 Å². The minimum Gasteiger partial charge on any atom is -0.348 e. The first kappa shape index (κ1) is 17.4. The maximum atomic E-state index is 12.2. The summed E-state index contributed by atoms with van der Waals surface area (Å²) in [7, 11) is 0. The number of amides is 1. The Bertz CT molecular complexity index is 718. The first-order valence-electron chi connectivity index (χ1n) is 7.58. The fraction of sp³-hybridized carbons (Fsp3) is 0.353. The number of halogens is 1. The van der Waals surface area contributed by atoms with Crippen LogP contribution in [0.4, 0.5) is 11.5 Å². The van der Waals surface area contributed by atoms with Crippen molar-refractivity contribution in [3.63, 3.8) is 0 Å². The Morgan fingerprint density at radius 1 is 1.26 bits per heavy atom. The summed E-state index contributed by atoms with van der Waals surface area (Å²) in [6.45, 7) is 7.80. The molecule has 1 aromatic heterocycles. The van der Waals surface area contributed by atoms with Crippen molar-refractivity contribution < 1.29 is 4.79 Å². The number of carbonyl (C=O) groups excluding carboxylic acids is 1. The van der Waals surface area contributed by atoms with Gasteiger partial charge in [0.1, 0.15) is 17.3 Å². The predicted octanol–water partition coefficient (Wildman–Crippen LogP) is 4.13. The number of aromatic nitrogens is 2. The van der Waals surface area contributed by atoms with Crippen LogP contribution in [0, 0.1) is 13.8 Å². The number of benzene rings is 1. The fourth-order valence-electron chi connectivity index (χ4n) is 1.97. The van der Waals surface area contributed by atoms with Gasteiger partial charge in [-0.3, -0.25) is 4.79 Å². The lowest BCUT2D eigenvalue weighted by atomic mass is 10.2. The lowest BCUT2D eigenvalue weighted by Gasteiger charge is -2.12. The molecule has 2 aromatic rings. The van der Waals surface area contributed by atoms with E-state index in [0.29, 0.717) is 17.3 Å². The second-order valence-corrected chi connectivity index (χ2v) is 6.41. The Morgan fingerprint density at radius 2 is 2.00 bits per heavy atom. The summed E-state index contributed by atoms with van der Waals surface area (Å²) in [6, 6.07) is 7.74. The van der Waals surface area contributed by atoms with Crippen LogP contribution in [-0.2, 0) is 0 Å². The van der Waals surface area contributed by atoms with E-state index in [0.717, 1.165) is 22.1 Å². The highest BCUT2D eigenvalue weighted by Gasteiger charge is 2.12. The first-order valence-corrected chi connectivity index (χ1v) is 8.38. The van der Waals surface area contributed by atoms with Crippen LogP contribution >= 0.6 is 15.9 Å². The maximum Gasteiger partial charge on any atom is 0.270 e. The van der Waals surface area contributed by atoms with E-state index in [1.165, 1.54) is 0 Å².